The lowest BCUT2D eigenvalue weighted by molar-refractivity contribution is -0.284. The average Bonchev–Trinajstić information content (AvgIpc) is 2.79. The lowest BCUT2D eigenvalue weighted by atomic mass is 10.1. The van der Waals surface area contributed by atoms with Crippen LogP contribution in [0.25, 0.3) is 0 Å². The first-order valence-electron chi connectivity index (χ1n) is 10.2. The summed E-state index contributed by atoms with van der Waals surface area (Å²) in [7, 11) is 0. The minimum Gasteiger partial charge on any atom is -0.345 e. The van der Waals surface area contributed by atoms with Crippen molar-refractivity contribution in [3.63, 3.8) is 0 Å². The Bertz CT molecular complexity index is 860. The SMILES string of the molecule is O=C(Cc1ccccn1)N1CCOC2(C1)CN(C(=O)NCc1ccccc1)CCO2. The monoisotopic (exact) mass is 410 g/mol. The number of benzene rings is 1. The number of carbonyl (C=O) groups is 2. The Balaban J connectivity index is 1.35. The summed E-state index contributed by atoms with van der Waals surface area (Å²) in [6, 6.07) is 15.1. The molecule has 2 fully saturated rings. The van der Waals surface area contributed by atoms with Gasteiger partial charge in [-0.1, -0.05) is 36.4 Å². The number of morpholine rings is 2. The number of amides is 3. The number of ether oxygens (including phenoxy) is 2. The van der Waals surface area contributed by atoms with Crippen LogP contribution < -0.4 is 5.32 Å². The zero-order chi connectivity index (χ0) is 20.8. The van der Waals surface area contributed by atoms with Crippen molar-refractivity contribution in [2.45, 2.75) is 18.8 Å². The van der Waals surface area contributed by atoms with Gasteiger partial charge in [0.1, 0.15) is 0 Å². The fourth-order valence-corrected chi connectivity index (χ4v) is 3.74. The van der Waals surface area contributed by atoms with Gasteiger partial charge in [-0.2, -0.15) is 0 Å². The lowest BCUT2D eigenvalue weighted by Crippen LogP contribution is -2.64. The molecule has 1 N–H and O–H groups in total. The minimum absolute atomic E-state index is 0.0226. The van der Waals surface area contributed by atoms with Crippen LogP contribution in [0, 0.1) is 0 Å². The smallest absolute Gasteiger partial charge is 0.317 e. The summed E-state index contributed by atoms with van der Waals surface area (Å²) >= 11 is 0. The van der Waals surface area contributed by atoms with E-state index in [-0.39, 0.29) is 24.9 Å². The minimum atomic E-state index is -0.986. The van der Waals surface area contributed by atoms with E-state index in [2.05, 4.69) is 10.3 Å². The van der Waals surface area contributed by atoms with Crippen LogP contribution in [-0.2, 0) is 27.2 Å². The van der Waals surface area contributed by atoms with Gasteiger partial charge in [0.05, 0.1) is 32.7 Å². The third-order valence-electron chi connectivity index (χ3n) is 5.30. The number of nitrogens with zero attached hydrogens (tertiary/aromatic N) is 3. The lowest BCUT2D eigenvalue weighted by Gasteiger charge is -2.47. The van der Waals surface area contributed by atoms with E-state index in [1.165, 1.54) is 0 Å². The van der Waals surface area contributed by atoms with Crippen LogP contribution in [0.1, 0.15) is 11.3 Å². The summed E-state index contributed by atoms with van der Waals surface area (Å²) in [5.41, 5.74) is 1.77. The topological polar surface area (TPSA) is 84.0 Å². The largest absolute Gasteiger partial charge is 0.345 e. The molecule has 1 unspecified atom stereocenters. The summed E-state index contributed by atoms with van der Waals surface area (Å²) in [6.45, 7) is 2.74. The summed E-state index contributed by atoms with van der Waals surface area (Å²) in [5, 5.41) is 2.94. The van der Waals surface area contributed by atoms with E-state index in [1.807, 2.05) is 48.5 Å². The Hall–Kier alpha value is -2.97. The summed E-state index contributed by atoms with van der Waals surface area (Å²) in [4.78, 5) is 33.1. The maximum absolute atomic E-state index is 12.8. The molecule has 4 rings (SSSR count). The molecule has 0 saturated carbocycles. The van der Waals surface area contributed by atoms with Crippen molar-refractivity contribution in [3.8, 4) is 0 Å². The number of pyridine rings is 1. The summed E-state index contributed by atoms with van der Waals surface area (Å²) in [5.74, 6) is -1.01. The Kier molecular flexibility index (Phi) is 6.25. The molecule has 0 radical (unpaired) electrons. The van der Waals surface area contributed by atoms with Gasteiger partial charge in [0, 0.05) is 31.5 Å². The molecule has 1 aromatic heterocycles. The van der Waals surface area contributed by atoms with E-state index in [4.69, 9.17) is 9.47 Å². The van der Waals surface area contributed by atoms with E-state index < -0.39 is 5.79 Å². The van der Waals surface area contributed by atoms with Crippen LogP contribution in [0.3, 0.4) is 0 Å². The van der Waals surface area contributed by atoms with Gasteiger partial charge in [0.25, 0.3) is 0 Å². The molecule has 1 atom stereocenters. The van der Waals surface area contributed by atoms with Crippen molar-refractivity contribution in [2.75, 3.05) is 39.4 Å². The van der Waals surface area contributed by atoms with Gasteiger partial charge in [-0.05, 0) is 17.7 Å². The standard InChI is InChI=1S/C22H26N4O4/c27-20(14-19-8-4-5-9-23-19)25-10-12-29-22(16-25)17-26(11-13-30-22)21(28)24-15-18-6-2-1-3-7-18/h1-9H,10-17H2,(H,24,28). The first-order chi connectivity index (χ1) is 14.6. The second-order valence-corrected chi connectivity index (χ2v) is 7.49. The molecular weight excluding hydrogens is 384 g/mol. The van der Waals surface area contributed by atoms with E-state index >= 15 is 0 Å². The maximum Gasteiger partial charge on any atom is 0.317 e. The quantitative estimate of drug-likeness (QED) is 0.824. The molecule has 3 heterocycles. The molecule has 0 aliphatic carbocycles. The molecule has 1 spiro atoms. The highest BCUT2D eigenvalue weighted by Gasteiger charge is 2.44. The Morgan fingerprint density at radius 1 is 0.967 bits per heavy atom. The molecule has 8 heteroatoms. The number of urea groups is 1. The predicted octanol–water partition coefficient (Wildman–Crippen LogP) is 1.42. The third-order valence-corrected chi connectivity index (χ3v) is 5.30. The van der Waals surface area contributed by atoms with Crippen molar-refractivity contribution in [2.24, 2.45) is 0 Å². The predicted molar refractivity (Wildman–Crippen MR) is 109 cm³/mol. The number of aromatic nitrogens is 1. The Morgan fingerprint density at radius 3 is 2.40 bits per heavy atom. The molecule has 0 bridgehead atoms. The molecule has 30 heavy (non-hydrogen) atoms. The summed E-state index contributed by atoms with van der Waals surface area (Å²) < 4.78 is 11.9. The van der Waals surface area contributed by atoms with Crippen LogP contribution in [0.15, 0.2) is 54.7 Å². The fraction of sp³-hybridized carbons (Fsp3) is 0.409. The van der Waals surface area contributed by atoms with Gasteiger partial charge in [0.15, 0.2) is 0 Å². The highest BCUT2D eigenvalue weighted by molar-refractivity contribution is 5.78. The van der Waals surface area contributed by atoms with Gasteiger partial charge >= 0.3 is 6.03 Å². The Morgan fingerprint density at radius 2 is 1.67 bits per heavy atom. The second kappa shape index (κ2) is 9.23. The third kappa shape index (κ3) is 4.95. The van der Waals surface area contributed by atoms with Crippen LogP contribution in [-0.4, -0.2) is 71.9 Å². The van der Waals surface area contributed by atoms with E-state index in [0.717, 1.165) is 11.3 Å². The first kappa shape index (κ1) is 20.3. The van der Waals surface area contributed by atoms with Gasteiger partial charge in [-0.15, -0.1) is 0 Å². The van der Waals surface area contributed by atoms with Gasteiger partial charge in [-0.3, -0.25) is 9.78 Å². The highest BCUT2D eigenvalue weighted by Crippen LogP contribution is 2.25. The maximum atomic E-state index is 12.8. The molecule has 2 aromatic rings. The second-order valence-electron chi connectivity index (χ2n) is 7.49. The van der Waals surface area contributed by atoms with E-state index in [0.29, 0.717) is 39.4 Å². The molecule has 1 aromatic carbocycles. The molecule has 2 aliphatic rings. The van der Waals surface area contributed by atoms with Crippen LogP contribution in [0.5, 0.6) is 0 Å². The fourth-order valence-electron chi connectivity index (χ4n) is 3.74. The zero-order valence-electron chi connectivity index (χ0n) is 16.8. The van der Waals surface area contributed by atoms with Gasteiger partial charge < -0.3 is 24.6 Å². The van der Waals surface area contributed by atoms with Crippen molar-refractivity contribution in [3.05, 3.63) is 66.0 Å². The molecule has 8 nitrogen and oxygen atoms in total. The molecule has 2 aliphatic heterocycles. The molecule has 2 saturated heterocycles. The Labute approximate surface area is 175 Å². The van der Waals surface area contributed by atoms with E-state index in [9.17, 15) is 9.59 Å². The van der Waals surface area contributed by atoms with Crippen LogP contribution in [0.2, 0.25) is 0 Å². The molecule has 3 amide bonds. The zero-order valence-corrected chi connectivity index (χ0v) is 16.8. The van der Waals surface area contributed by atoms with Crippen molar-refractivity contribution < 1.29 is 19.1 Å². The summed E-state index contributed by atoms with van der Waals surface area (Å²) in [6.07, 6.45) is 1.91. The number of rotatable bonds is 4. The number of nitrogens with one attached hydrogen (secondary N) is 1. The van der Waals surface area contributed by atoms with Gasteiger partial charge in [-0.25, -0.2) is 4.79 Å². The highest BCUT2D eigenvalue weighted by atomic mass is 16.7. The number of hydrogen-bond acceptors (Lipinski definition) is 5. The molecule has 158 valence electrons. The average molecular weight is 410 g/mol. The normalized spacial score (nSPS) is 21.5. The van der Waals surface area contributed by atoms with Crippen molar-refractivity contribution in [1.82, 2.24) is 20.1 Å². The van der Waals surface area contributed by atoms with Gasteiger partial charge in [0.2, 0.25) is 11.7 Å². The van der Waals surface area contributed by atoms with Crippen molar-refractivity contribution >= 4 is 11.9 Å². The molecular formula is C22H26N4O4. The number of carbonyl (C=O) groups excluding carboxylic acids is 2. The first-order valence-corrected chi connectivity index (χ1v) is 10.2. The van der Waals surface area contributed by atoms with E-state index in [1.54, 1.807) is 16.0 Å². The van der Waals surface area contributed by atoms with Crippen molar-refractivity contribution in [1.29, 1.82) is 0 Å². The van der Waals surface area contributed by atoms with Crippen LogP contribution >= 0.6 is 0 Å². The van der Waals surface area contributed by atoms with Crippen LogP contribution in [0.4, 0.5) is 4.79 Å². The number of hydrogen-bond donors (Lipinski definition) is 1.